The first-order valence-electron chi connectivity index (χ1n) is 9.86. The molecule has 0 radical (unpaired) electrons. The van der Waals surface area contributed by atoms with Crippen LogP contribution in [0.3, 0.4) is 0 Å². The van der Waals surface area contributed by atoms with E-state index in [0.29, 0.717) is 11.3 Å². The van der Waals surface area contributed by atoms with Crippen molar-refractivity contribution >= 4 is 21.6 Å². The maximum atomic E-state index is 12.7. The predicted octanol–water partition coefficient (Wildman–Crippen LogP) is 4.53. The lowest BCUT2D eigenvalue weighted by Crippen LogP contribution is -2.29. The Morgan fingerprint density at radius 1 is 0.900 bits per heavy atom. The van der Waals surface area contributed by atoms with E-state index in [4.69, 9.17) is 0 Å². The molecule has 3 aromatic carbocycles. The Labute approximate surface area is 178 Å². The van der Waals surface area contributed by atoms with Crippen LogP contribution in [0.15, 0.2) is 84.9 Å². The van der Waals surface area contributed by atoms with Crippen LogP contribution in [0.2, 0.25) is 0 Å². The third-order valence-electron chi connectivity index (χ3n) is 4.90. The quantitative estimate of drug-likeness (QED) is 0.580. The van der Waals surface area contributed by atoms with Crippen LogP contribution in [0.4, 0.5) is 5.69 Å². The Hall–Kier alpha value is -3.12. The van der Waals surface area contributed by atoms with Gasteiger partial charge >= 0.3 is 0 Å². The minimum atomic E-state index is -3.44. The van der Waals surface area contributed by atoms with Gasteiger partial charge < -0.3 is 5.32 Å². The van der Waals surface area contributed by atoms with Gasteiger partial charge in [-0.2, -0.15) is 0 Å². The van der Waals surface area contributed by atoms with Crippen LogP contribution in [0.1, 0.15) is 40.9 Å². The van der Waals surface area contributed by atoms with Crippen molar-refractivity contribution < 1.29 is 13.2 Å². The molecule has 1 N–H and O–H groups in total. The van der Waals surface area contributed by atoms with Gasteiger partial charge in [-0.25, -0.2) is 8.42 Å². The van der Waals surface area contributed by atoms with E-state index in [-0.39, 0.29) is 18.5 Å². The topological polar surface area (TPSA) is 66.5 Å². The highest BCUT2D eigenvalue weighted by Gasteiger charge is 2.18. The van der Waals surface area contributed by atoms with Gasteiger partial charge in [-0.1, -0.05) is 67.6 Å². The summed E-state index contributed by atoms with van der Waals surface area (Å²) in [7, 11) is -3.44. The summed E-state index contributed by atoms with van der Waals surface area (Å²) < 4.78 is 25.9. The molecule has 5 nitrogen and oxygen atoms in total. The van der Waals surface area contributed by atoms with Gasteiger partial charge in [0.2, 0.25) is 10.0 Å². The second-order valence-electron chi connectivity index (χ2n) is 7.15. The molecule has 0 aromatic heterocycles. The van der Waals surface area contributed by atoms with Crippen LogP contribution in [0.5, 0.6) is 0 Å². The summed E-state index contributed by atoms with van der Waals surface area (Å²) in [5.41, 5.74) is 3.02. The van der Waals surface area contributed by atoms with Gasteiger partial charge in [0.05, 0.1) is 24.5 Å². The van der Waals surface area contributed by atoms with Gasteiger partial charge in [-0.15, -0.1) is 0 Å². The van der Waals surface area contributed by atoms with Gasteiger partial charge in [-0.3, -0.25) is 9.10 Å². The summed E-state index contributed by atoms with van der Waals surface area (Å²) in [5, 5.41) is 3.06. The largest absolute Gasteiger partial charge is 0.345 e. The molecular formula is C24H26N2O3S. The van der Waals surface area contributed by atoms with E-state index < -0.39 is 10.0 Å². The molecule has 3 aromatic rings. The fraction of sp³-hybridized carbons (Fsp3) is 0.208. The first-order chi connectivity index (χ1) is 14.4. The van der Waals surface area contributed by atoms with E-state index in [9.17, 15) is 13.2 Å². The van der Waals surface area contributed by atoms with E-state index in [1.807, 2.05) is 43.3 Å². The first-order valence-corrected chi connectivity index (χ1v) is 11.7. The summed E-state index contributed by atoms with van der Waals surface area (Å²) in [6.07, 6.45) is 1.98. The van der Waals surface area contributed by atoms with E-state index in [1.54, 1.807) is 48.5 Å². The van der Waals surface area contributed by atoms with Crippen LogP contribution in [0.25, 0.3) is 0 Å². The Morgan fingerprint density at radius 3 is 2.00 bits per heavy atom. The second-order valence-corrected chi connectivity index (χ2v) is 9.05. The molecule has 0 fully saturated rings. The molecule has 1 atom stereocenters. The normalized spacial score (nSPS) is 12.2. The van der Waals surface area contributed by atoms with Crippen LogP contribution in [-0.4, -0.2) is 20.6 Å². The lowest BCUT2D eigenvalue weighted by Gasteiger charge is -2.22. The number of hydrogen-bond acceptors (Lipinski definition) is 3. The number of carbonyl (C=O) groups excluding carboxylic acids is 1. The SMILES string of the molecule is CC[C@H](NC(=O)c1ccc(CN(c2ccccc2)S(C)(=O)=O)cc1)c1ccccc1. The number of anilines is 1. The molecule has 0 saturated carbocycles. The molecule has 30 heavy (non-hydrogen) atoms. The fourth-order valence-electron chi connectivity index (χ4n) is 3.27. The first kappa shape index (κ1) is 21.6. The molecule has 1 amide bonds. The van der Waals surface area contributed by atoms with E-state index in [1.165, 1.54) is 10.6 Å². The monoisotopic (exact) mass is 422 g/mol. The van der Waals surface area contributed by atoms with Gasteiger partial charge in [0.15, 0.2) is 0 Å². The Morgan fingerprint density at radius 2 is 1.47 bits per heavy atom. The molecule has 0 aliphatic heterocycles. The number of rotatable bonds is 8. The van der Waals surface area contributed by atoms with Crippen molar-refractivity contribution in [2.24, 2.45) is 0 Å². The van der Waals surface area contributed by atoms with Crippen molar-refractivity contribution in [3.05, 3.63) is 102 Å². The minimum absolute atomic E-state index is 0.0582. The van der Waals surface area contributed by atoms with Crippen LogP contribution >= 0.6 is 0 Å². The number of hydrogen-bond donors (Lipinski definition) is 1. The zero-order valence-electron chi connectivity index (χ0n) is 17.2. The van der Waals surface area contributed by atoms with Crippen LogP contribution in [0, 0.1) is 0 Å². The Bertz CT molecular complexity index is 1070. The van der Waals surface area contributed by atoms with E-state index in [2.05, 4.69) is 5.32 Å². The lowest BCUT2D eigenvalue weighted by molar-refractivity contribution is 0.0935. The molecule has 6 heteroatoms. The maximum Gasteiger partial charge on any atom is 0.251 e. The average Bonchev–Trinajstić information content (AvgIpc) is 2.76. The van der Waals surface area contributed by atoms with Gasteiger partial charge in [0.25, 0.3) is 5.91 Å². The average molecular weight is 423 g/mol. The van der Waals surface area contributed by atoms with Crippen LogP contribution in [-0.2, 0) is 16.6 Å². The molecule has 0 unspecified atom stereocenters. The summed E-state index contributed by atoms with van der Waals surface area (Å²) in [6, 6.07) is 25.8. The molecule has 0 aliphatic carbocycles. The molecule has 156 valence electrons. The van der Waals surface area contributed by atoms with Gasteiger partial charge in [0, 0.05) is 5.56 Å². The van der Waals surface area contributed by atoms with Gasteiger partial charge in [0.1, 0.15) is 0 Å². The molecule has 0 bridgehead atoms. The third kappa shape index (κ3) is 5.48. The molecule has 0 heterocycles. The van der Waals surface area contributed by atoms with Crippen molar-refractivity contribution in [3.8, 4) is 0 Å². The van der Waals surface area contributed by atoms with Crippen LogP contribution < -0.4 is 9.62 Å². The summed E-state index contributed by atoms with van der Waals surface area (Å²) in [6.45, 7) is 2.23. The smallest absolute Gasteiger partial charge is 0.251 e. The standard InChI is InChI=1S/C24H26N2O3S/c1-3-23(20-10-6-4-7-11-20)25-24(27)21-16-14-19(15-17-21)18-26(30(2,28)29)22-12-8-5-9-13-22/h4-17,23H,3,18H2,1-2H3,(H,25,27)/t23-/m0/s1. The Balaban J connectivity index is 1.73. The van der Waals surface area contributed by atoms with E-state index >= 15 is 0 Å². The number of amides is 1. The molecule has 0 saturated heterocycles. The number of carbonyl (C=O) groups is 1. The maximum absolute atomic E-state index is 12.7. The number of nitrogens with zero attached hydrogens (tertiary/aromatic N) is 1. The second kappa shape index (κ2) is 9.59. The lowest BCUT2D eigenvalue weighted by atomic mass is 10.0. The van der Waals surface area contributed by atoms with Crippen molar-refractivity contribution in [1.29, 1.82) is 0 Å². The summed E-state index contributed by atoms with van der Waals surface area (Å²) in [5.74, 6) is -0.153. The number of nitrogens with one attached hydrogen (secondary N) is 1. The third-order valence-corrected chi connectivity index (χ3v) is 6.04. The minimum Gasteiger partial charge on any atom is -0.345 e. The zero-order valence-corrected chi connectivity index (χ0v) is 18.0. The zero-order chi connectivity index (χ0) is 21.6. The Kier molecular flexibility index (Phi) is 6.90. The number of benzene rings is 3. The number of para-hydroxylation sites is 1. The highest BCUT2D eigenvalue weighted by Crippen LogP contribution is 2.21. The summed E-state index contributed by atoms with van der Waals surface area (Å²) >= 11 is 0. The van der Waals surface area contributed by atoms with E-state index in [0.717, 1.165) is 17.5 Å². The van der Waals surface area contributed by atoms with Gasteiger partial charge in [-0.05, 0) is 41.8 Å². The van der Waals surface area contributed by atoms with Crippen molar-refractivity contribution in [1.82, 2.24) is 5.32 Å². The highest BCUT2D eigenvalue weighted by atomic mass is 32.2. The molecule has 3 rings (SSSR count). The number of sulfonamides is 1. The predicted molar refractivity (Wildman–Crippen MR) is 121 cm³/mol. The van der Waals surface area contributed by atoms with Crippen molar-refractivity contribution in [2.45, 2.75) is 25.9 Å². The fourth-order valence-corrected chi connectivity index (χ4v) is 4.16. The van der Waals surface area contributed by atoms with Crippen molar-refractivity contribution in [2.75, 3.05) is 10.6 Å². The summed E-state index contributed by atoms with van der Waals surface area (Å²) in [4.78, 5) is 12.7. The van der Waals surface area contributed by atoms with Crippen molar-refractivity contribution in [3.63, 3.8) is 0 Å². The molecule has 0 spiro atoms. The molecule has 0 aliphatic rings. The highest BCUT2D eigenvalue weighted by molar-refractivity contribution is 7.92. The molecular weight excluding hydrogens is 396 g/mol.